The number of rotatable bonds is 4. The van der Waals surface area contributed by atoms with Crippen LogP contribution in [0.25, 0.3) is 0 Å². The molecule has 2 heterocycles. The van der Waals surface area contributed by atoms with Gasteiger partial charge in [-0.3, -0.25) is 14.6 Å². The molecule has 0 aliphatic carbocycles. The molecule has 0 bridgehead atoms. The van der Waals surface area contributed by atoms with Gasteiger partial charge in [0.1, 0.15) is 5.69 Å². The average Bonchev–Trinajstić information content (AvgIpc) is 2.91. The van der Waals surface area contributed by atoms with Gasteiger partial charge in [-0.25, -0.2) is 0 Å². The van der Waals surface area contributed by atoms with Gasteiger partial charge < -0.3 is 10.2 Å². The van der Waals surface area contributed by atoms with Gasteiger partial charge in [-0.05, 0) is 56.2 Å². The maximum Gasteiger partial charge on any atom is 0.272 e. The molecule has 1 aromatic heterocycles. The first-order valence-electron chi connectivity index (χ1n) is 8.77. The molecule has 0 saturated carbocycles. The van der Waals surface area contributed by atoms with Gasteiger partial charge >= 0.3 is 0 Å². The summed E-state index contributed by atoms with van der Waals surface area (Å²) >= 11 is 0. The molecule has 1 aromatic carbocycles. The van der Waals surface area contributed by atoms with Gasteiger partial charge in [0.05, 0.1) is 0 Å². The fourth-order valence-corrected chi connectivity index (χ4v) is 3.02. The lowest BCUT2D eigenvalue weighted by Gasteiger charge is -2.20. The number of carbonyl (C=O) groups excluding carboxylic acids is 2. The summed E-state index contributed by atoms with van der Waals surface area (Å²) in [6, 6.07) is 10.9. The number of hydrogen-bond donors (Lipinski definition) is 1. The van der Waals surface area contributed by atoms with Gasteiger partial charge in [-0.15, -0.1) is 0 Å². The number of aromatic nitrogens is 1. The van der Waals surface area contributed by atoms with Crippen LogP contribution < -0.4 is 5.32 Å². The van der Waals surface area contributed by atoms with Crippen LogP contribution in [0.1, 0.15) is 53.5 Å². The highest BCUT2D eigenvalue weighted by Gasteiger charge is 2.18. The normalized spacial score (nSPS) is 14.7. The molecule has 3 rings (SSSR count). The Morgan fingerprint density at radius 3 is 2.28 bits per heavy atom. The predicted octanol–water partition coefficient (Wildman–Crippen LogP) is 4.04. The Morgan fingerprint density at radius 1 is 0.960 bits per heavy atom. The topological polar surface area (TPSA) is 62.3 Å². The second-order valence-corrected chi connectivity index (χ2v) is 6.39. The summed E-state index contributed by atoms with van der Waals surface area (Å²) in [5.41, 5.74) is 2.82. The first-order valence-corrected chi connectivity index (χ1v) is 8.77. The first-order chi connectivity index (χ1) is 12.1. The van der Waals surface area contributed by atoms with E-state index in [0.29, 0.717) is 11.3 Å². The van der Waals surface area contributed by atoms with E-state index in [9.17, 15) is 9.59 Å². The lowest BCUT2D eigenvalue weighted by atomic mass is 10.1. The number of hydrogen-bond acceptors (Lipinski definition) is 4. The predicted molar refractivity (Wildman–Crippen MR) is 98.3 cm³/mol. The van der Waals surface area contributed by atoms with E-state index in [1.54, 1.807) is 31.3 Å². The van der Waals surface area contributed by atoms with E-state index in [1.165, 1.54) is 12.8 Å². The summed E-state index contributed by atoms with van der Waals surface area (Å²) < 4.78 is 0. The van der Waals surface area contributed by atoms with Crippen molar-refractivity contribution in [2.24, 2.45) is 0 Å². The zero-order valence-corrected chi connectivity index (χ0v) is 14.5. The van der Waals surface area contributed by atoms with Crippen LogP contribution in [-0.2, 0) is 0 Å². The highest BCUT2D eigenvalue weighted by Crippen LogP contribution is 2.19. The monoisotopic (exact) mass is 337 g/mol. The maximum absolute atomic E-state index is 12.7. The van der Waals surface area contributed by atoms with Crippen LogP contribution >= 0.6 is 0 Å². The number of benzene rings is 1. The maximum atomic E-state index is 12.7. The Kier molecular flexibility index (Phi) is 5.43. The molecule has 1 aliphatic heterocycles. The molecule has 25 heavy (non-hydrogen) atoms. The number of likely N-dealkylation sites (tertiary alicyclic amines) is 1. The van der Waals surface area contributed by atoms with Crippen LogP contribution in [0.4, 0.5) is 11.4 Å². The molecule has 5 nitrogen and oxygen atoms in total. The molecule has 0 spiro atoms. The lowest BCUT2D eigenvalue weighted by Crippen LogP contribution is -2.32. The summed E-state index contributed by atoms with van der Waals surface area (Å²) in [4.78, 5) is 30.2. The quantitative estimate of drug-likeness (QED) is 0.855. The molecule has 1 fully saturated rings. The third kappa shape index (κ3) is 4.44. The Labute approximate surface area is 148 Å². The van der Waals surface area contributed by atoms with Crippen molar-refractivity contribution in [2.45, 2.75) is 32.6 Å². The van der Waals surface area contributed by atoms with Crippen LogP contribution in [0.15, 0.2) is 42.6 Å². The number of pyridine rings is 1. The minimum atomic E-state index is -0.00234. The van der Waals surface area contributed by atoms with E-state index in [-0.39, 0.29) is 11.7 Å². The summed E-state index contributed by atoms with van der Waals surface area (Å²) in [6.45, 7) is 3.17. The largest absolute Gasteiger partial charge is 0.355 e. The Bertz CT molecular complexity index is 748. The van der Waals surface area contributed by atoms with Crippen molar-refractivity contribution in [3.05, 3.63) is 53.9 Å². The number of ketones is 1. The van der Waals surface area contributed by atoms with Gasteiger partial charge in [0.25, 0.3) is 5.91 Å². The number of nitrogens with zero attached hydrogens (tertiary/aromatic N) is 2. The fraction of sp³-hybridized carbons (Fsp3) is 0.350. The van der Waals surface area contributed by atoms with Gasteiger partial charge in [0.2, 0.25) is 0 Å². The van der Waals surface area contributed by atoms with Crippen molar-refractivity contribution < 1.29 is 9.59 Å². The summed E-state index contributed by atoms with van der Waals surface area (Å²) in [5, 5.41) is 3.26. The fourth-order valence-electron chi connectivity index (χ4n) is 3.02. The number of Topliss-reactive ketones (excluding diaryl/α,β-unsaturated/α-hetero) is 1. The molecular weight excluding hydrogens is 314 g/mol. The van der Waals surface area contributed by atoms with Crippen molar-refractivity contribution in [1.29, 1.82) is 0 Å². The standard InChI is InChI=1S/C20H23N3O2/c1-15(24)16-6-8-17(9-7-16)22-18-10-11-21-19(14-18)20(25)23-12-4-2-3-5-13-23/h6-11,14H,2-5,12-13H2,1H3,(H,21,22). The summed E-state index contributed by atoms with van der Waals surface area (Å²) in [5.74, 6) is 0.0401. The van der Waals surface area contributed by atoms with E-state index in [4.69, 9.17) is 0 Å². The number of nitrogens with one attached hydrogen (secondary N) is 1. The molecule has 1 aliphatic rings. The number of carbonyl (C=O) groups is 2. The molecule has 0 atom stereocenters. The lowest BCUT2D eigenvalue weighted by molar-refractivity contribution is 0.0755. The molecule has 5 heteroatoms. The highest BCUT2D eigenvalue weighted by atomic mass is 16.2. The van der Waals surface area contributed by atoms with Crippen LogP contribution in [-0.4, -0.2) is 34.7 Å². The van der Waals surface area contributed by atoms with E-state index in [1.807, 2.05) is 23.1 Å². The van der Waals surface area contributed by atoms with E-state index < -0.39 is 0 Å². The smallest absolute Gasteiger partial charge is 0.272 e. The first kappa shape index (κ1) is 17.1. The second-order valence-electron chi connectivity index (χ2n) is 6.39. The van der Waals surface area contributed by atoms with E-state index >= 15 is 0 Å². The molecular formula is C20H23N3O2. The van der Waals surface area contributed by atoms with Gasteiger partial charge in [-0.2, -0.15) is 0 Å². The van der Waals surface area contributed by atoms with Gasteiger partial charge in [-0.1, -0.05) is 12.8 Å². The third-order valence-corrected chi connectivity index (χ3v) is 4.45. The van der Waals surface area contributed by atoms with Crippen molar-refractivity contribution in [1.82, 2.24) is 9.88 Å². The molecule has 1 N–H and O–H groups in total. The van der Waals surface area contributed by atoms with E-state index in [0.717, 1.165) is 37.3 Å². The molecule has 1 saturated heterocycles. The minimum absolute atomic E-state index is 0.00234. The molecule has 0 radical (unpaired) electrons. The average molecular weight is 337 g/mol. The molecule has 0 unspecified atom stereocenters. The zero-order chi connectivity index (χ0) is 17.6. The minimum Gasteiger partial charge on any atom is -0.355 e. The molecule has 1 amide bonds. The Balaban J connectivity index is 1.72. The zero-order valence-electron chi connectivity index (χ0n) is 14.5. The Hall–Kier alpha value is -2.69. The van der Waals surface area contributed by atoms with Gasteiger partial charge in [0, 0.05) is 36.2 Å². The molecule has 2 aromatic rings. The SMILES string of the molecule is CC(=O)c1ccc(Nc2ccnc(C(=O)N3CCCCCC3)c2)cc1. The summed E-state index contributed by atoms with van der Waals surface area (Å²) in [7, 11) is 0. The number of amides is 1. The van der Waals surface area contributed by atoms with Crippen LogP contribution in [0.2, 0.25) is 0 Å². The third-order valence-electron chi connectivity index (χ3n) is 4.45. The van der Waals surface area contributed by atoms with Crippen LogP contribution in [0.3, 0.4) is 0 Å². The van der Waals surface area contributed by atoms with E-state index in [2.05, 4.69) is 10.3 Å². The van der Waals surface area contributed by atoms with Gasteiger partial charge in [0.15, 0.2) is 5.78 Å². The number of anilines is 2. The van der Waals surface area contributed by atoms with Crippen LogP contribution in [0, 0.1) is 0 Å². The Morgan fingerprint density at radius 2 is 1.64 bits per heavy atom. The molecule has 130 valence electrons. The van der Waals surface area contributed by atoms with Crippen molar-refractivity contribution in [3.63, 3.8) is 0 Å². The van der Waals surface area contributed by atoms with Crippen molar-refractivity contribution >= 4 is 23.1 Å². The van der Waals surface area contributed by atoms with Crippen molar-refractivity contribution in [2.75, 3.05) is 18.4 Å². The second kappa shape index (κ2) is 7.92. The highest BCUT2D eigenvalue weighted by molar-refractivity contribution is 5.94. The summed E-state index contributed by atoms with van der Waals surface area (Å²) in [6.07, 6.45) is 6.15. The van der Waals surface area contributed by atoms with Crippen LogP contribution in [0.5, 0.6) is 0 Å². The van der Waals surface area contributed by atoms with Crippen molar-refractivity contribution in [3.8, 4) is 0 Å².